The van der Waals surface area contributed by atoms with Crippen molar-refractivity contribution in [2.24, 2.45) is 0 Å². The molecule has 150 valence electrons. The Kier molecular flexibility index (Phi) is 9.02. The Labute approximate surface area is 172 Å². The highest BCUT2D eigenvalue weighted by Crippen LogP contribution is 2.14. The number of rotatable bonds is 10. The van der Waals surface area contributed by atoms with Crippen LogP contribution in [0.5, 0.6) is 0 Å². The monoisotopic (exact) mass is 400 g/mol. The molecule has 0 saturated carbocycles. The molecule has 0 radical (unpaired) electrons. The van der Waals surface area contributed by atoms with Crippen molar-refractivity contribution >= 4 is 23.4 Å². The fourth-order valence-electron chi connectivity index (χ4n) is 3.03. The van der Waals surface area contributed by atoms with E-state index in [1.807, 2.05) is 42.5 Å². The quantitative estimate of drug-likeness (QED) is 0.606. The van der Waals surface area contributed by atoms with Crippen molar-refractivity contribution in [3.05, 3.63) is 70.7 Å². The van der Waals surface area contributed by atoms with Crippen molar-refractivity contribution in [1.82, 2.24) is 10.2 Å². The Morgan fingerprint density at radius 2 is 1.79 bits per heavy atom. The predicted molar refractivity (Wildman–Crippen MR) is 114 cm³/mol. The van der Waals surface area contributed by atoms with Gasteiger partial charge in [-0.05, 0) is 43.0 Å². The average molecular weight is 401 g/mol. The number of carbonyl (C=O) groups is 2. The van der Waals surface area contributed by atoms with Crippen molar-refractivity contribution in [1.29, 1.82) is 0 Å². The summed E-state index contributed by atoms with van der Waals surface area (Å²) in [6, 6.07) is 16.8. The molecule has 0 aliphatic rings. The lowest BCUT2D eigenvalue weighted by Crippen LogP contribution is -2.49. The van der Waals surface area contributed by atoms with Gasteiger partial charge in [-0.2, -0.15) is 0 Å². The van der Waals surface area contributed by atoms with Gasteiger partial charge in [0.25, 0.3) is 0 Å². The molecule has 0 spiro atoms. The Balaban J connectivity index is 2.09. The molecule has 0 fully saturated rings. The lowest BCUT2D eigenvalue weighted by Gasteiger charge is -2.29. The van der Waals surface area contributed by atoms with Crippen LogP contribution >= 0.6 is 11.6 Å². The summed E-state index contributed by atoms with van der Waals surface area (Å²) in [4.78, 5) is 27.3. The van der Waals surface area contributed by atoms with E-state index in [0.717, 1.165) is 24.0 Å². The summed E-state index contributed by atoms with van der Waals surface area (Å²) < 4.78 is 0. The van der Waals surface area contributed by atoms with Gasteiger partial charge in [0.15, 0.2) is 0 Å². The Morgan fingerprint density at radius 3 is 2.46 bits per heavy atom. The molecule has 2 aromatic carbocycles. The second-order valence-electron chi connectivity index (χ2n) is 6.95. The predicted octanol–water partition coefficient (Wildman–Crippen LogP) is 4.26. The molecule has 1 unspecified atom stereocenters. The third-order valence-electron chi connectivity index (χ3n) is 4.73. The average Bonchev–Trinajstić information content (AvgIpc) is 2.69. The normalized spacial score (nSPS) is 11.7. The maximum Gasteiger partial charge on any atom is 0.242 e. The summed E-state index contributed by atoms with van der Waals surface area (Å²) in [5, 5.41) is 3.54. The van der Waals surface area contributed by atoms with Crippen LogP contribution in [0.25, 0.3) is 0 Å². The fourth-order valence-corrected chi connectivity index (χ4v) is 3.24. The minimum Gasteiger partial charge on any atom is -0.354 e. The van der Waals surface area contributed by atoms with Crippen LogP contribution in [0.1, 0.15) is 37.8 Å². The van der Waals surface area contributed by atoms with Gasteiger partial charge < -0.3 is 10.2 Å². The maximum absolute atomic E-state index is 13.0. The number of carbonyl (C=O) groups excluding carboxylic acids is 2. The van der Waals surface area contributed by atoms with Crippen molar-refractivity contribution in [2.75, 3.05) is 13.1 Å². The van der Waals surface area contributed by atoms with E-state index in [0.29, 0.717) is 24.5 Å². The second-order valence-corrected chi connectivity index (χ2v) is 7.39. The van der Waals surface area contributed by atoms with Crippen molar-refractivity contribution in [2.45, 2.75) is 45.6 Å². The largest absolute Gasteiger partial charge is 0.354 e. The van der Waals surface area contributed by atoms with E-state index in [1.165, 1.54) is 0 Å². The summed E-state index contributed by atoms with van der Waals surface area (Å²) in [5.74, 6) is -0.183. The molecular formula is C23H29ClN2O2. The first-order chi connectivity index (χ1) is 13.5. The summed E-state index contributed by atoms with van der Waals surface area (Å²) >= 11 is 6.04. The van der Waals surface area contributed by atoms with E-state index >= 15 is 0 Å². The zero-order valence-electron chi connectivity index (χ0n) is 16.7. The number of hydrogen-bond donors (Lipinski definition) is 1. The van der Waals surface area contributed by atoms with E-state index < -0.39 is 6.04 Å². The zero-order valence-corrected chi connectivity index (χ0v) is 17.4. The van der Waals surface area contributed by atoms with Gasteiger partial charge in [0.05, 0.1) is 6.42 Å². The van der Waals surface area contributed by atoms with Crippen molar-refractivity contribution in [3.63, 3.8) is 0 Å². The molecule has 0 aliphatic carbocycles. The first-order valence-electron chi connectivity index (χ1n) is 9.86. The highest BCUT2D eigenvalue weighted by molar-refractivity contribution is 6.30. The van der Waals surface area contributed by atoms with E-state index in [2.05, 4.69) is 12.2 Å². The lowest BCUT2D eigenvalue weighted by molar-refractivity contribution is -0.139. The molecular weight excluding hydrogens is 372 g/mol. The molecule has 2 aromatic rings. The van der Waals surface area contributed by atoms with Gasteiger partial charge in [0, 0.05) is 18.1 Å². The molecule has 5 heteroatoms. The number of halogens is 1. The zero-order chi connectivity index (χ0) is 20.4. The standard InChI is InChI=1S/C23H29ClN2O2/c1-3-4-14-25-23(28)18(2)26(15-13-19-9-6-5-7-10-19)22(27)17-20-11-8-12-21(24)16-20/h5-12,16,18H,3-4,13-15,17H2,1-2H3,(H,25,28). The van der Waals surface area contributed by atoms with E-state index in [4.69, 9.17) is 11.6 Å². The first kappa shape index (κ1) is 22.0. The molecule has 1 N–H and O–H groups in total. The fraction of sp³-hybridized carbons (Fsp3) is 0.391. The van der Waals surface area contributed by atoms with E-state index in [9.17, 15) is 9.59 Å². The Morgan fingerprint density at radius 1 is 1.07 bits per heavy atom. The topological polar surface area (TPSA) is 49.4 Å². The lowest BCUT2D eigenvalue weighted by atomic mass is 10.1. The number of nitrogens with zero attached hydrogens (tertiary/aromatic N) is 1. The van der Waals surface area contributed by atoms with Gasteiger partial charge in [0.2, 0.25) is 11.8 Å². The Bertz CT molecular complexity index is 764. The van der Waals surface area contributed by atoms with Crippen LogP contribution in [0.4, 0.5) is 0 Å². The number of amides is 2. The highest BCUT2D eigenvalue weighted by atomic mass is 35.5. The minimum atomic E-state index is -0.521. The van der Waals surface area contributed by atoms with Gasteiger partial charge in [0.1, 0.15) is 6.04 Å². The van der Waals surface area contributed by atoms with Gasteiger partial charge in [-0.25, -0.2) is 0 Å². The molecule has 0 bridgehead atoms. The van der Waals surface area contributed by atoms with Crippen LogP contribution < -0.4 is 5.32 Å². The van der Waals surface area contributed by atoms with E-state index in [1.54, 1.807) is 24.0 Å². The molecule has 0 aliphatic heterocycles. The molecule has 4 nitrogen and oxygen atoms in total. The van der Waals surface area contributed by atoms with Gasteiger partial charge >= 0.3 is 0 Å². The molecule has 1 atom stereocenters. The summed E-state index contributed by atoms with van der Waals surface area (Å²) in [6.07, 6.45) is 2.87. The van der Waals surface area contributed by atoms with E-state index in [-0.39, 0.29) is 18.2 Å². The molecule has 28 heavy (non-hydrogen) atoms. The minimum absolute atomic E-state index is 0.0728. The summed E-state index contributed by atoms with van der Waals surface area (Å²) in [6.45, 7) is 5.00. The van der Waals surface area contributed by atoms with Crippen molar-refractivity contribution in [3.8, 4) is 0 Å². The Hall–Kier alpha value is -2.33. The number of hydrogen-bond acceptors (Lipinski definition) is 2. The number of nitrogens with one attached hydrogen (secondary N) is 1. The maximum atomic E-state index is 13.0. The molecule has 0 heterocycles. The first-order valence-corrected chi connectivity index (χ1v) is 10.2. The van der Waals surface area contributed by atoms with Crippen molar-refractivity contribution < 1.29 is 9.59 Å². The highest BCUT2D eigenvalue weighted by Gasteiger charge is 2.25. The van der Waals surface area contributed by atoms with Crippen LogP contribution in [0.2, 0.25) is 5.02 Å². The molecule has 0 aromatic heterocycles. The van der Waals surface area contributed by atoms with Crippen LogP contribution in [-0.4, -0.2) is 35.8 Å². The van der Waals surface area contributed by atoms with Crippen LogP contribution in [-0.2, 0) is 22.4 Å². The van der Waals surface area contributed by atoms with Gasteiger partial charge in [-0.3, -0.25) is 9.59 Å². The van der Waals surface area contributed by atoms with Gasteiger partial charge in [-0.1, -0.05) is 67.4 Å². The third-order valence-corrected chi connectivity index (χ3v) is 4.96. The number of unbranched alkanes of at least 4 members (excludes halogenated alkanes) is 1. The second kappa shape index (κ2) is 11.5. The molecule has 2 rings (SSSR count). The van der Waals surface area contributed by atoms with Crippen LogP contribution in [0, 0.1) is 0 Å². The van der Waals surface area contributed by atoms with Crippen LogP contribution in [0.15, 0.2) is 54.6 Å². The van der Waals surface area contributed by atoms with Gasteiger partial charge in [-0.15, -0.1) is 0 Å². The van der Waals surface area contributed by atoms with Crippen LogP contribution in [0.3, 0.4) is 0 Å². The SMILES string of the molecule is CCCCNC(=O)C(C)N(CCc1ccccc1)C(=O)Cc1cccc(Cl)c1. The third kappa shape index (κ3) is 7.01. The number of benzene rings is 2. The summed E-state index contributed by atoms with van der Waals surface area (Å²) in [5.41, 5.74) is 1.99. The summed E-state index contributed by atoms with van der Waals surface area (Å²) in [7, 11) is 0. The molecule has 2 amide bonds. The smallest absolute Gasteiger partial charge is 0.242 e. The molecule has 0 saturated heterocycles.